The molecule has 36 heavy (non-hydrogen) atoms. The zero-order valence-corrected chi connectivity index (χ0v) is 22.4. The van der Waals surface area contributed by atoms with Gasteiger partial charge in [-0.25, -0.2) is 0 Å². The van der Waals surface area contributed by atoms with Crippen molar-refractivity contribution in [3.63, 3.8) is 0 Å². The van der Waals surface area contributed by atoms with E-state index in [0.717, 1.165) is 80.8 Å². The molecule has 1 fully saturated rings. The van der Waals surface area contributed by atoms with Crippen LogP contribution in [0.3, 0.4) is 0 Å². The van der Waals surface area contributed by atoms with E-state index in [2.05, 4.69) is 66.7 Å². The molecule has 1 saturated heterocycles. The van der Waals surface area contributed by atoms with Crippen molar-refractivity contribution in [3.05, 3.63) is 51.3 Å². The Labute approximate surface area is 214 Å². The predicted molar refractivity (Wildman–Crippen MR) is 143 cm³/mol. The van der Waals surface area contributed by atoms with E-state index in [9.17, 15) is 9.90 Å². The van der Waals surface area contributed by atoms with Crippen LogP contribution in [0, 0.1) is 25.2 Å². The lowest BCUT2D eigenvalue weighted by molar-refractivity contribution is -0.143. The van der Waals surface area contributed by atoms with Gasteiger partial charge in [0.05, 0.1) is 17.3 Å². The van der Waals surface area contributed by atoms with Gasteiger partial charge in [-0.3, -0.25) is 9.48 Å². The highest BCUT2D eigenvalue weighted by molar-refractivity contribution is 6.20. The van der Waals surface area contributed by atoms with Crippen LogP contribution in [-0.4, -0.2) is 56.8 Å². The van der Waals surface area contributed by atoms with Crippen molar-refractivity contribution < 1.29 is 9.90 Å². The van der Waals surface area contributed by atoms with Gasteiger partial charge in [0, 0.05) is 31.3 Å². The number of hydrogen-bond acceptors (Lipinski definition) is 5. The van der Waals surface area contributed by atoms with Crippen molar-refractivity contribution >= 4 is 17.4 Å². The Bertz CT molecular complexity index is 1220. The van der Waals surface area contributed by atoms with Gasteiger partial charge in [0.15, 0.2) is 0 Å². The first kappa shape index (κ1) is 24.9. The predicted octanol–water partition coefficient (Wildman–Crippen LogP) is 4.49. The Morgan fingerprint density at radius 3 is 2.44 bits per heavy atom. The highest BCUT2D eigenvalue weighted by atomic mass is 16.4. The van der Waals surface area contributed by atoms with Crippen LogP contribution in [0.25, 0.3) is 0 Å². The monoisotopic (exact) mass is 489 g/mol. The second kappa shape index (κ2) is 9.58. The molecule has 0 atom stereocenters. The molecule has 0 saturated carbocycles. The molecule has 2 aromatic rings. The first-order chi connectivity index (χ1) is 17.1. The second-order valence-corrected chi connectivity index (χ2v) is 11.8. The van der Waals surface area contributed by atoms with Crippen molar-refractivity contribution in [2.24, 2.45) is 28.6 Å². The zero-order valence-electron chi connectivity index (χ0n) is 22.4. The molecule has 1 aromatic heterocycles. The number of carbonyl (C=O) groups is 1. The quantitative estimate of drug-likeness (QED) is 0.648. The van der Waals surface area contributed by atoms with Crippen LogP contribution < -0.4 is 0 Å². The van der Waals surface area contributed by atoms with Gasteiger partial charge in [-0.15, -0.1) is 0 Å². The second-order valence-electron chi connectivity index (χ2n) is 11.8. The van der Waals surface area contributed by atoms with Gasteiger partial charge >= 0.3 is 5.97 Å². The van der Waals surface area contributed by atoms with Gasteiger partial charge in [0.25, 0.3) is 0 Å². The van der Waals surface area contributed by atoms with E-state index < -0.39 is 5.97 Å². The summed E-state index contributed by atoms with van der Waals surface area (Å²) in [5.74, 6) is -0.822. The zero-order chi connectivity index (χ0) is 25.6. The van der Waals surface area contributed by atoms with Gasteiger partial charge in [-0.1, -0.05) is 13.8 Å². The molecule has 0 bridgehead atoms. The molecular weight excluding hydrogens is 450 g/mol. The van der Waals surface area contributed by atoms with Crippen molar-refractivity contribution in [2.75, 3.05) is 19.6 Å². The molecule has 0 radical (unpaired) electrons. The van der Waals surface area contributed by atoms with Crippen LogP contribution in [0.1, 0.15) is 78.7 Å². The van der Waals surface area contributed by atoms with Crippen LogP contribution in [0.15, 0.2) is 22.3 Å². The summed E-state index contributed by atoms with van der Waals surface area (Å²) in [5.41, 5.74) is 11.2. The van der Waals surface area contributed by atoms with Crippen molar-refractivity contribution in [1.29, 1.82) is 0 Å². The first-order valence-electron chi connectivity index (χ1n) is 13.4. The maximum absolute atomic E-state index is 11.2. The lowest BCUT2D eigenvalue weighted by Gasteiger charge is -2.30. The fourth-order valence-electron chi connectivity index (χ4n) is 6.19. The third kappa shape index (κ3) is 4.90. The topological polar surface area (TPSA) is 83.1 Å². The number of rotatable bonds is 6. The summed E-state index contributed by atoms with van der Waals surface area (Å²) in [6.07, 6.45) is 6.52. The van der Waals surface area contributed by atoms with E-state index in [1.807, 2.05) is 0 Å². The molecule has 2 aliphatic heterocycles. The molecule has 192 valence electrons. The summed E-state index contributed by atoms with van der Waals surface area (Å²) >= 11 is 0. The number of fused-ring (bicyclic) bond motifs is 1. The number of likely N-dealkylation sites (tertiary alicyclic amines) is 1. The van der Waals surface area contributed by atoms with E-state index in [-0.39, 0.29) is 5.92 Å². The largest absolute Gasteiger partial charge is 0.481 e. The summed E-state index contributed by atoms with van der Waals surface area (Å²) in [6, 6.07) is 4.51. The van der Waals surface area contributed by atoms with Gasteiger partial charge in [0.2, 0.25) is 0 Å². The SMILES string of the molecule is Cc1cc(C2=NN=C(c3nn(C)c4c3CCC(C)(C)C4)C2)cc(C)c1CCN1CCC(C(=O)O)CC1. The van der Waals surface area contributed by atoms with E-state index >= 15 is 0 Å². The maximum atomic E-state index is 11.2. The first-order valence-corrected chi connectivity index (χ1v) is 13.4. The van der Waals surface area contributed by atoms with Gasteiger partial charge in [0.1, 0.15) is 5.69 Å². The van der Waals surface area contributed by atoms with E-state index in [4.69, 9.17) is 5.10 Å². The molecule has 5 rings (SSSR count). The normalized spacial score (nSPS) is 20.2. The van der Waals surface area contributed by atoms with Crippen molar-refractivity contribution in [1.82, 2.24) is 14.7 Å². The average molecular weight is 490 g/mol. The summed E-state index contributed by atoms with van der Waals surface area (Å²) in [4.78, 5) is 13.6. The van der Waals surface area contributed by atoms with Crippen LogP contribution >= 0.6 is 0 Å². The lowest BCUT2D eigenvalue weighted by Crippen LogP contribution is -2.37. The van der Waals surface area contributed by atoms with Crippen LogP contribution in [0.4, 0.5) is 0 Å². The molecule has 1 aliphatic carbocycles. The number of benzene rings is 1. The molecule has 0 amide bonds. The highest BCUT2D eigenvalue weighted by Crippen LogP contribution is 2.36. The van der Waals surface area contributed by atoms with Gasteiger partial charge < -0.3 is 10.0 Å². The summed E-state index contributed by atoms with van der Waals surface area (Å²) in [6.45, 7) is 11.8. The highest BCUT2D eigenvalue weighted by Gasteiger charge is 2.32. The minimum absolute atomic E-state index is 0.174. The standard InChI is InChI=1S/C29H39N5O2/c1-18-14-21(15-19(2)22(18)9-13-34-11-7-20(8-12-34)28(35)36)24-16-25(31-30-24)27-23-6-10-29(3,4)17-26(23)33(5)32-27/h14-15,20H,6-13,16-17H2,1-5H3,(H,35,36). The number of aryl methyl sites for hydroxylation is 3. The Hall–Kier alpha value is -2.80. The van der Waals surface area contributed by atoms with Gasteiger partial charge in [-0.05, 0) is 105 Å². The Balaban J connectivity index is 1.24. The summed E-state index contributed by atoms with van der Waals surface area (Å²) in [7, 11) is 2.06. The number of carboxylic acids is 1. The van der Waals surface area contributed by atoms with Gasteiger partial charge in [-0.2, -0.15) is 15.3 Å². The van der Waals surface area contributed by atoms with E-state index in [1.54, 1.807) is 0 Å². The number of aliphatic carboxylic acids is 1. The Morgan fingerprint density at radius 1 is 1.11 bits per heavy atom. The van der Waals surface area contributed by atoms with E-state index in [1.165, 1.54) is 34.4 Å². The smallest absolute Gasteiger partial charge is 0.306 e. The lowest BCUT2D eigenvalue weighted by atomic mass is 9.76. The molecule has 7 heteroatoms. The number of hydrogen-bond donors (Lipinski definition) is 1. The molecule has 1 aromatic carbocycles. The number of carboxylic acid groups (broad SMARTS) is 1. The molecule has 0 unspecified atom stereocenters. The average Bonchev–Trinajstić information content (AvgIpc) is 3.43. The minimum atomic E-state index is -0.647. The number of aromatic nitrogens is 2. The maximum Gasteiger partial charge on any atom is 0.306 e. The molecule has 3 heterocycles. The molecule has 1 N–H and O–H groups in total. The Kier molecular flexibility index (Phi) is 6.62. The third-order valence-electron chi connectivity index (χ3n) is 8.52. The van der Waals surface area contributed by atoms with Crippen LogP contribution in [0.5, 0.6) is 0 Å². The molecular formula is C29H39N5O2. The molecule has 3 aliphatic rings. The number of piperidine rings is 1. The van der Waals surface area contributed by atoms with Crippen LogP contribution in [-0.2, 0) is 31.1 Å². The summed E-state index contributed by atoms with van der Waals surface area (Å²) in [5, 5.41) is 23.3. The van der Waals surface area contributed by atoms with Crippen molar-refractivity contribution in [3.8, 4) is 0 Å². The summed E-state index contributed by atoms with van der Waals surface area (Å²) < 4.78 is 2.05. The number of nitrogens with zero attached hydrogens (tertiary/aromatic N) is 5. The Morgan fingerprint density at radius 2 is 1.78 bits per heavy atom. The van der Waals surface area contributed by atoms with Crippen molar-refractivity contribution in [2.45, 2.75) is 72.6 Å². The van der Waals surface area contributed by atoms with E-state index in [0.29, 0.717) is 5.41 Å². The molecule has 7 nitrogen and oxygen atoms in total. The molecule has 0 spiro atoms. The fraction of sp³-hybridized carbons (Fsp3) is 0.586. The van der Waals surface area contributed by atoms with Crippen LogP contribution in [0.2, 0.25) is 0 Å². The third-order valence-corrected chi connectivity index (χ3v) is 8.52. The minimum Gasteiger partial charge on any atom is -0.481 e. The fourth-order valence-corrected chi connectivity index (χ4v) is 6.19.